The number of hydrogen-bond donors (Lipinski definition) is 1. The molecule has 1 N–H and O–H groups in total. The molecule has 0 radical (unpaired) electrons. The number of carbonyl (C=O) groups excluding carboxylic acids is 1. The fourth-order valence-electron chi connectivity index (χ4n) is 3.72. The zero-order valence-electron chi connectivity index (χ0n) is 15.6. The van der Waals surface area contributed by atoms with Gasteiger partial charge in [0.15, 0.2) is 0 Å². The predicted octanol–water partition coefficient (Wildman–Crippen LogP) is 2.03. The summed E-state index contributed by atoms with van der Waals surface area (Å²) in [6, 6.07) is 11.8. The van der Waals surface area contributed by atoms with Crippen LogP contribution in [-0.2, 0) is 27.8 Å². The Morgan fingerprint density at radius 2 is 1.90 bits per heavy atom. The van der Waals surface area contributed by atoms with E-state index >= 15 is 0 Å². The number of amides is 1. The van der Waals surface area contributed by atoms with Gasteiger partial charge in [0, 0.05) is 32.2 Å². The van der Waals surface area contributed by atoms with Gasteiger partial charge in [-0.2, -0.15) is 0 Å². The van der Waals surface area contributed by atoms with Gasteiger partial charge in [0.25, 0.3) is 0 Å². The number of likely N-dealkylation sites (tertiary alicyclic amines) is 1. The summed E-state index contributed by atoms with van der Waals surface area (Å²) in [5, 5.41) is -0.284. The molecular formula is C20H21ClFN3O3S. The Balaban J connectivity index is 1.28. The summed E-state index contributed by atoms with van der Waals surface area (Å²) in [5.41, 5.74) is 2.71. The maximum absolute atomic E-state index is 13.2. The minimum absolute atomic E-state index is 0.176. The normalized spacial score (nSPS) is 17.7. The third-order valence-corrected chi connectivity index (χ3v) is 7.19. The smallest absolute Gasteiger partial charge is 0.241 e. The van der Waals surface area contributed by atoms with Crippen molar-refractivity contribution in [3.05, 3.63) is 64.4 Å². The lowest BCUT2D eigenvalue weighted by atomic mass is 9.96. The highest BCUT2D eigenvalue weighted by molar-refractivity contribution is 7.89. The first-order valence-electron chi connectivity index (χ1n) is 9.37. The van der Waals surface area contributed by atoms with Crippen LogP contribution >= 0.6 is 11.6 Å². The van der Waals surface area contributed by atoms with E-state index in [0.717, 1.165) is 37.7 Å². The number of benzene rings is 2. The van der Waals surface area contributed by atoms with Crippen LogP contribution in [0, 0.1) is 5.82 Å². The van der Waals surface area contributed by atoms with Crippen LogP contribution in [0.15, 0.2) is 47.4 Å². The average Bonchev–Trinajstić information content (AvgIpc) is 2.67. The lowest BCUT2D eigenvalue weighted by Gasteiger charge is -2.47. The van der Waals surface area contributed by atoms with Crippen LogP contribution in [0.25, 0.3) is 0 Å². The van der Waals surface area contributed by atoms with Crippen molar-refractivity contribution in [1.82, 2.24) is 14.5 Å². The Labute approximate surface area is 174 Å². The first-order valence-corrected chi connectivity index (χ1v) is 11.2. The zero-order valence-corrected chi connectivity index (χ0v) is 17.2. The molecule has 2 aromatic rings. The molecule has 0 aromatic heterocycles. The summed E-state index contributed by atoms with van der Waals surface area (Å²) in [7, 11) is -3.94. The van der Waals surface area contributed by atoms with Crippen LogP contribution in [0.5, 0.6) is 0 Å². The predicted molar refractivity (Wildman–Crippen MR) is 108 cm³/mol. The molecule has 2 aromatic carbocycles. The Morgan fingerprint density at radius 3 is 2.62 bits per heavy atom. The first-order chi connectivity index (χ1) is 13.8. The van der Waals surface area contributed by atoms with Gasteiger partial charge in [-0.15, -0.1) is 0 Å². The van der Waals surface area contributed by atoms with Crippen LogP contribution < -0.4 is 4.72 Å². The summed E-state index contributed by atoms with van der Waals surface area (Å²) in [5.74, 6) is -0.982. The van der Waals surface area contributed by atoms with E-state index in [9.17, 15) is 17.6 Å². The molecule has 1 saturated heterocycles. The molecule has 29 heavy (non-hydrogen) atoms. The highest BCUT2D eigenvalue weighted by atomic mass is 35.5. The molecule has 9 heteroatoms. The highest BCUT2D eigenvalue weighted by Gasteiger charge is 2.36. The van der Waals surface area contributed by atoms with E-state index in [2.05, 4.69) is 27.8 Å². The Kier molecular flexibility index (Phi) is 5.61. The van der Waals surface area contributed by atoms with Crippen LogP contribution in [0.4, 0.5) is 4.39 Å². The maximum atomic E-state index is 13.2. The van der Waals surface area contributed by atoms with Crippen molar-refractivity contribution in [2.75, 3.05) is 26.2 Å². The van der Waals surface area contributed by atoms with Gasteiger partial charge < -0.3 is 4.90 Å². The Bertz CT molecular complexity index is 1040. The molecular weight excluding hydrogens is 417 g/mol. The number of hydrogen-bond acceptors (Lipinski definition) is 4. The molecule has 154 valence electrons. The van der Waals surface area contributed by atoms with Crippen molar-refractivity contribution < 1.29 is 17.6 Å². The number of nitrogens with one attached hydrogen (secondary N) is 1. The van der Waals surface area contributed by atoms with Crippen LogP contribution in [0.1, 0.15) is 11.1 Å². The minimum atomic E-state index is -3.94. The molecule has 2 aliphatic heterocycles. The lowest BCUT2D eigenvalue weighted by molar-refractivity contribution is -0.137. The van der Waals surface area contributed by atoms with Crippen molar-refractivity contribution >= 4 is 27.5 Å². The topological polar surface area (TPSA) is 69.7 Å². The monoisotopic (exact) mass is 437 g/mol. The van der Waals surface area contributed by atoms with Gasteiger partial charge in [0.1, 0.15) is 5.82 Å². The van der Waals surface area contributed by atoms with Crippen molar-refractivity contribution in [2.45, 2.75) is 23.9 Å². The summed E-state index contributed by atoms with van der Waals surface area (Å²) in [6.07, 6.45) is 1.00. The molecule has 2 heterocycles. The first kappa shape index (κ1) is 20.3. The van der Waals surface area contributed by atoms with E-state index < -0.39 is 15.8 Å². The molecule has 1 amide bonds. The van der Waals surface area contributed by atoms with Crippen molar-refractivity contribution in [3.8, 4) is 0 Å². The number of fused-ring (bicyclic) bond motifs is 1. The molecule has 2 aliphatic rings. The van der Waals surface area contributed by atoms with E-state index in [-0.39, 0.29) is 22.4 Å². The van der Waals surface area contributed by atoms with Crippen molar-refractivity contribution in [3.63, 3.8) is 0 Å². The zero-order chi connectivity index (χ0) is 20.6. The minimum Gasteiger partial charge on any atom is -0.338 e. The lowest BCUT2D eigenvalue weighted by Crippen LogP contribution is -2.62. The molecule has 0 atom stereocenters. The van der Waals surface area contributed by atoms with Crippen LogP contribution in [0.2, 0.25) is 5.02 Å². The summed E-state index contributed by atoms with van der Waals surface area (Å²) >= 11 is 5.64. The molecule has 0 bridgehead atoms. The average molecular weight is 438 g/mol. The van der Waals surface area contributed by atoms with E-state index in [1.165, 1.54) is 11.1 Å². The molecule has 6 nitrogen and oxygen atoms in total. The highest BCUT2D eigenvalue weighted by Crippen LogP contribution is 2.24. The molecule has 0 aliphatic carbocycles. The Morgan fingerprint density at radius 1 is 1.17 bits per heavy atom. The molecule has 0 saturated carbocycles. The third-order valence-electron chi connectivity index (χ3n) is 5.51. The van der Waals surface area contributed by atoms with Crippen molar-refractivity contribution in [2.24, 2.45) is 0 Å². The van der Waals surface area contributed by atoms with Crippen molar-refractivity contribution in [1.29, 1.82) is 0 Å². The second-order valence-corrected chi connectivity index (χ2v) is 9.52. The summed E-state index contributed by atoms with van der Waals surface area (Å²) in [4.78, 5) is 16.2. The standard InChI is InChI=1S/C20H21ClFN3O3S/c21-18-9-17(5-6-19(18)22)29(27,28)23-10-20(26)25-12-16(13-25)24-8-7-14-3-1-2-4-15(14)11-24/h1-6,9,16,23H,7-8,10-13H2. The fourth-order valence-corrected chi connectivity index (χ4v) is 4.96. The third kappa shape index (κ3) is 4.30. The van der Waals surface area contributed by atoms with Crippen LogP contribution in [-0.4, -0.2) is 56.3 Å². The van der Waals surface area contributed by atoms with E-state index in [0.29, 0.717) is 19.1 Å². The number of carbonyl (C=O) groups is 1. The number of halogens is 2. The molecule has 0 unspecified atom stereocenters. The van der Waals surface area contributed by atoms with Gasteiger partial charge in [0.05, 0.1) is 16.5 Å². The van der Waals surface area contributed by atoms with Gasteiger partial charge in [-0.05, 0) is 35.7 Å². The second kappa shape index (κ2) is 8.02. The molecule has 1 fully saturated rings. The number of nitrogens with zero attached hydrogens (tertiary/aromatic N) is 2. The molecule has 4 rings (SSSR count). The van der Waals surface area contributed by atoms with Gasteiger partial charge in [-0.3, -0.25) is 9.69 Å². The van der Waals surface area contributed by atoms with Crippen LogP contribution in [0.3, 0.4) is 0 Å². The second-order valence-electron chi connectivity index (χ2n) is 7.34. The van der Waals surface area contributed by atoms with Gasteiger partial charge in [0.2, 0.25) is 15.9 Å². The summed E-state index contributed by atoms with van der Waals surface area (Å²) < 4.78 is 40.1. The SMILES string of the molecule is O=C(CNS(=O)(=O)c1ccc(F)c(Cl)c1)N1CC(N2CCc3ccccc3C2)C1. The summed E-state index contributed by atoms with van der Waals surface area (Å²) in [6.45, 7) is 2.67. The van der Waals surface area contributed by atoms with Gasteiger partial charge in [-0.1, -0.05) is 35.9 Å². The fraction of sp³-hybridized carbons (Fsp3) is 0.350. The van der Waals surface area contributed by atoms with E-state index in [1.54, 1.807) is 4.90 Å². The largest absolute Gasteiger partial charge is 0.338 e. The van der Waals surface area contributed by atoms with Gasteiger partial charge in [-0.25, -0.2) is 17.5 Å². The number of rotatable bonds is 5. The maximum Gasteiger partial charge on any atom is 0.241 e. The quantitative estimate of drug-likeness (QED) is 0.777. The number of sulfonamides is 1. The van der Waals surface area contributed by atoms with E-state index in [4.69, 9.17) is 11.6 Å². The van der Waals surface area contributed by atoms with E-state index in [1.807, 2.05) is 6.07 Å². The van der Waals surface area contributed by atoms with Gasteiger partial charge >= 0.3 is 0 Å². The Hall–Kier alpha value is -2.00. The molecule has 0 spiro atoms.